The predicted octanol–water partition coefficient (Wildman–Crippen LogP) is 2.78. The van der Waals surface area contributed by atoms with E-state index in [0.717, 1.165) is 34.0 Å². The van der Waals surface area contributed by atoms with Crippen LogP contribution in [0.3, 0.4) is 0 Å². The Balaban J connectivity index is 1.57. The largest absolute Gasteiger partial charge is 0.355 e. The number of rotatable bonds is 3. The number of likely N-dealkylation sites (tertiary alicyclic amines) is 1. The quantitative estimate of drug-likeness (QED) is 0.817. The van der Waals surface area contributed by atoms with Gasteiger partial charge in [0.2, 0.25) is 0 Å². The molecule has 0 radical (unpaired) electrons. The molecule has 0 aliphatic carbocycles. The number of hydrogen-bond acceptors (Lipinski definition) is 5. The predicted molar refractivity (Wildman–Crippen MR) is 86.4 cm³/mol. The Morgan fingerprint density at radius 3 is 2.90 bits per heavy atom. The van der Waals surface area contributed by atoms with Gasteiger partial charge >= 0.3 is 0 Å². The van der Waals surface area contributed by atoms with E-state index in [0.29, 0.717) is 6.04 Å². The molecule has 2 aromatic heterocycles. The zero-order valence-corrected chi connectivity index (χ0v) is 13.0. The van der Waals surface area contributed by atoms with Crippen LogP contribution in [0.2, 0.25) is 0 Å². The van der Waals surface area contributed by atoms with Gasteiger partial charge in [-0.1, -0.05) is 0 Å². The molecular formula is C16H19N3OS. The molecule has 110 valence electrons. The third kappa shape index (κ3) is 2.34. The van der Waals surface area contributed by atoms with Crippen molar-refractivity contribution < 1.29 is 4.79 Å². The first-order valence-corrected chi connectivity index (χ1v) is 8.43. The van der Waals surface area contributed by atoms with E-state index in [9.17, 15) is 4.79 Å². The van der Waals surface area contributed by atoms with Crippen molar-refractivity contribution in [3.05, 3.63) is 23.1 Å². The summed E-state index contributed by atoms with van der Waals surface area (Å²) < 4.78 is 0. The summed E-state index contributed by atoms with van der Waals surface area (Å²) in [5.74, 6) is 1.18. The molecule has 4 heterocycles. The number of thiophene rings is 1. The Morgan fingerprint density at radius 1 is 1.33 bits per heavy atom. The number of hydrogen-bond donors (Lipinski definition) is 0. The van der Waals surface area contributed by atoms with E-state index in [4.69, 9.17) is 4.98 Å². The Kier molecular flexibility index (Phi) is 3.19. The van der Waals surface area contributed by atoms with Crippen LogP contribution < -0.4 is 4.90 Å². The molecule has 2 aliphatic heterocycles. The standard InChI is InChI=1S/C16H19N3OS/c1-11(20)14-9-12-3-4-15(17-16(12)21-14)19-8-5-13(10-19)18-6-2-7-18/h3-4,9,13H,2,5-8,10H2,1H3. The Morgan fingerprint density at radius 2 is 2.19 bits per heavy atom. The van der Waals surface area contributed by atoms with Gasteiger partial charge in [-0.25, -0.2) is 4.98 Å². The number of Topliss-reactive ketones (excluding diaryl/α,β-unsaturated/α-hetero) is 1. The molecule has 2 fully saturated rings. The summed E-state index contributed by atoms with van der Waals surface area (Å²) in [7, 11) is 0. The SMILES string of the molecule is CC(=O)c1cc2ccc(N3CCC(N4CCC4)C3)nc2s1. The molecular weight excluding hydrogens is 282 g/mol. The lowest BCUT2D eigenvalue weighted by Crippen LogP contribution is -2.46. The van der Waals surface area contributed by atoms with Crippen LogP contribution in [0, 0.1) is 0 Å². The molecule has 2 saturated heterocycles. The van der Waals surface area contributed by atoms with Crippen molar-refractivity contribution in [3.8, 4) is 0 Å². The number of pyridine rings is 1. The number of carbonyl (C=O) groups excluding carboxylic acids is 1. The van der Waals surface area contributed by atoms with Crippen LogP contribution >= 0.6 is 11.3 Å². The summed E-state index contributed by atoms with van der Waals surface area (Å²) >= 11 is 1.50. The number of nitrogens with zero attached hydrogens (tertiary/aromatic N) is 3. The van der Waals surface area contributed by atoms with Crippen molar-refractivity contribution in [1.29, 1.82) is 0 Å². The monoisotopic (exact) mass is 301 g/mol. The minimum absolute atomic E-state index is 0.124. The van der Waals surface area contributed by atoms with E-state index in [1.165, 1.54) is 37.3 Å². The van der Waals surface area contributed by atoms with Crippen molar-refractivity contribution in [2.45, 2.75) is 25.8 Å². The van der Waals surface area contributed by atoms with Gasteiger partial charge in [-0.05, 0) is 51.1 Å². The van der Waals surface area contributed by atoms with Crippen molar-refractivity contribution in [2.75, 3.05) is 31.1 Å². The fourth-order valence-corrected chi connectivity index (χ4v) is 4.13. The maximum absolute atomic E-state index is 11.5. The summed E-state index contributed by atoms with van der Waals surface area (Å²) in [5.41, 5.74) is 0. The van der Waals surface area contributed by atoms with Gasteiger partial charge in [0.05, 0.1) is 4.88 Å². The van der Waals surface area contributed by atoms with Crippen molar-refractivity contribution in [2.24, 2.45) is 0 Å². The second kappa shape index (κ2) is 5.07. The van der Waals surface area contributed by atoms with Gasteiger partial charge in [-0.3, -0.25) is 9.69 Å². The highest BCUT2D eigenvalue weighted by atomic mass is 32.1. The van der Waals surface area contributed by atoms with Crippen LogP contribution in [-0.2, 0) is 0 Å². The molecule has 0 amide bonds. The average Bonchev–Trinajstić information content (AvgIpc) is 3.01. The summed E-state index contributed by atoms with van der Waals surface area (Å²) in [6.07, 6.45) is 2.59. The van der Waals surface area contributed by atoms with Crippen LogP contribution in [0.5, 0.6) is 0 Å². The molecule has 2 aliphatic rings. The topological polar surface area (TPSA) is 36.4 Å². The van der Waals surface area contributed by atoms with Gasteiger partial charge in [0.25, 0.3) is 0 Å². The van der Waals surface area contributed by atoms with Gasteiger partial charge < -0.3 is 4.90 Å². The van der Waals surface area contributed by atoms with Crippen LogP contribution in [0.15, 0.2) is 18.2 Å². The maximum atomic E-state index is 11.5. The summed E-state index contributed by atoms with van der Waals surface area (Å²) in [5, 5.41) is 1.08. The van der Waals surface area contributed by atoms with Gasteiger partial charge in [0.15, 0.2) is 5.78 Å². The van der Waals surface area contributed by atoms with Gasteiger partial charge in [0, 0.05) is 24.5 Å². The number of aromatic nitrogens is 1. The highest BCUT2D eigenvalue weighted by Gasteiger charge is 2.31. The smallest absolute Gasteiger partial charge is 0.169 e. The van der Waals surface area contributed by atoms with Crippen LogP contribution in [0.4, 0.5) is 5.82 Å². The third-order valence-electron chi connectivity index (χ3n) is 4.61. The molecule has 2 aromatic rings. The van der Waals surface area contributed by atoms with Crippen molar-refractivity contribution in [1.82, 2.24) is 9.88 Å². The molecule has 4 nitrogen and oxygen atoms in total. The van der Waals surface area contributed by atoms with E-state index in [1.807, 2.05) is 6.07 Å². The lowest BCUT2D eigenvalue weighted by molar-refractivity contribution is 0.102. The molecule has 5 heteroatoms. The van der Waals surface area contributed by atoms with E-state index >= 15 is 0 Å². The molecule has 0 saturated carbocycles. The van der Waals surface area contributed by atoms with E-state index < -0.39 is 0 Å². The fraction of sp³-hybridized carbons (Fsp3) is 0.500. The first kappa shape index (κ1) is 13.2. The maximum Gasteiger partial charge on any atom is 0.169 e. The molecule has 0 bridgehead atoms. The van der Waals surface area contributed by atoms with Gasteiger partial charge in [-0.15, -0.1) is 11.3 Å². The number of carbonyl (C=O) groups is 1. The second-order valence-corrected chi connectivity index (χ2v) is 7.04. The number of ketones is 1. The zero-order valence-electron chi connectivity index (χ0n) is 12.2. The highest BCUT2D eigenvalue weighted by molar-refractivity contribution is 7.20. The normalized spacial score (nSPS) is 22.7. The minimum Gasteiger partial charge on any atom is -0.355 e. The molecule has 4 rings (SSSR count). The van der Waals surface area contributed by atoms with Gasteiger partial charge in [-0.2, -0.15) is 0 Å². The molecule has 1 atom stereocenters. The minimum atomic E-state index is 0.124. The van der Waals surface area contributed by atoms with Crippen molar-refractivity contribution >= 4 is 33.2 Å². The first-order chi connectivity index (χ1) is 10.2. The van der Waals surface area contributed by atoms with Crippen LogP contribution in [-0.4, -0.2) is 47.9 Å². The summed E-state index contributed by atoms with van der Waals surface area (Å²) in [4.78, 5) is 23.0. The lowest BCUT2D eigenvalue weighted by Gasteiger charge is -2.36. The van der Waals surface area contributed by atoms with Gasteiger partial charge in [0.1, 0.15) is 10.6 Å². The van der Waals surface area contributed by atoms with Crippen LogP contribution in [0.25, 0.3) is 10.2 Å². The molecule has 0 aromatic carbocycles. The first-order valence-electron chi connectivity index (χ1n) is 7.61. The Labute approximate surface area is 128 Å². The third-order valence-corrected chi connectivity index (χ3v) is 5.76. The van der Waals surface area contributed by atoms with Crippen molar-refractivity contribution in [3.63, 3.8) is 0 Å². The van der Waals surface area contributed by atoms with E-state index in [2.05, 4.69) is 21.9 Å². The summed E-state index contributed by atoms with van der Waals surface area (Å²) in [6, 6.07) is 6.84. The fourth-order valence-electron chi connectivity index (χ4n) is 3.21. The highest BCUT2D eigenvalue weighted by Crippen LogP contribution is 2.29. The zero-order chi connectivity index (χ0) is 14.4. The molecule has 21 heavy (non-hydrogen) atoms. The number of fused-ring (bicyclic) bond motifs is 1. The Bertz CT molecular complexity index is 692. The number of anilines is 1. The lowest BCUT2D eigenvalue weighted by atomic mass is 10.1. The molecule has 1 unspecified atom stereocenters. The molecule has 0 N–H and O–H groups in total. The Hall–Kier alpha value is -1.46. The second-order valence-electron chi connectivity index (χ2n) is 6.01. The summed E-state index contributed by atoms with van der Waals surface area (Å²) in [6.45, 7) is 6.31. The van der Waals surface area contributed by atoms with E-state index in [1.54, 1.807) is 6.92 Å². The van der Waals surface area contributed by atoms with E-state index in [-0.39, 0.29) is 5.78 Å². The average molecular weight is 301 g/mol. The van der Waals surface area contributed by atoms with Crippen LogP contribution in [0.1, 0.15) is 29.4 Å². The molecule has 0 spiro atoms.